The molecule has 1 saturated carbocycles. The minimum atomic E-state index is 0.468. The van der Waals surface area contributed by atoms with Crippen LogP contribution in [0.5, 0.6) is 0 Å². The third-order valence-corrected chi connectivity index (χ3v) is 4.34. The monoisotopic (exact) mass is 249 g/mol. The van der Waals surface area contributed by atoms with Crippen LogP contribution in [-0.2, 0) is 6.54 Å². The number of nitrogens with one attached hydrogen (secondary N) is 1. The van der Waals surface area contributed by atoms with E-state index < -0.39 is 0 Å². The van der Waals surface area contributed by atoms with Crippen LogP contribution in [0.1, 0.15) is 58.6 Å². The molecule has 2 nitrogen and oxygen atoms in total. The molecule has 0 radical (unpaired) electrons. The molecule has 1 aliphatic carbocycles. The largest absolute Gasteiger partial charge is 0.468 e. The molecule has 0 saturated heterocycles. The number of furan rings is 1. The van der Waals surface area contributed by atoms with E-state index in [2.05, 4.69) is 26.1 Å². The van der Waals surface area contributed by atoms with Gasteiger partial charge in [0, 0.05) is 6.04 Å². The van der Waals surface area contributed by atoms with Crippen LogP contribution >= 0.6 is 0 Å². The van der Waals surface area contributed by atoms with Gasteiger partial charge in [-0.15, -0.1) is 0 Å². The summed E-state index contributed by atoms with van der Waals surface area (Å²) >= 11 is 0. The molecule has 1 heterocycles. The second-order valence-corrected chi connectivity index (χ2v) is 6.73. The molecule has 1 aromatic rings. The van der Waals surface area contributed by atoms with Crippen LogP contribution in [0.3, 0.4) is 0 Å². The SMILES string of the molecule is CC(C)(C)C1CCCC(NCc2ccco2)CC1. The summed E-state index contributed by atoms with van der Waals surface area (Å²) in [6.45, 7) is 8.02. The fraction of sp³-hybridized carbons (Fsp3) is 0.750. The van der Waals surface area contributed by atoms with Gasteiger partial charge >= 0.3 is 0 Å². The van der Waals surface area contributed by atoms with Crippen LogP contribution in [0.25, 0.3) is 0 Å². The summed E-state index contributed by atoms with van der Waals surface area (Å²) in [5, 5.41) is 3.64. The van der Waals surface area contributed by atoms with Gasteiger partial charge < -0.3 is 9.73 Å². The summed E-state index contributed by atoms with van der Waals surface area (Å²) in [4.78, 5) is 0. The lowest BCUT2D eigenvalue weighted by Gasteiger charge is -2.29. The van der Waals surface area contributed by atoms with Crippen molar-refractivity contribution >= 4 is 0 Å². The van der Waals surface area contributed by atoms with Crippen LogP contribution < -0.4 is 5.32 Å². The molecule has 2 atom stereocenters. The third kappa shape index (κ3) is 3.88. The van der Waals surface area contributed by atoms with Gasteiger partial charge in [0.25, 0.3) is 0 Å². The molecule has 1 N–H and O–H groups in total. The van der Waals surface area contributed by atoms with E-state index in [0.29, 0.717) is 11.5 Å². The van der Waals surface area contributed by atoms with E-state index in [-0.39, 0.29) is 0 Å². The zero-order chi connectivity index (χ0) is 13.0. The Morgan fingerprint density at radius 3 is 2.72 bits per heavy atom. The standard InChI is InChI=1S/C16H27NO/c1-16(2,3)13-6-4-7-14(10-9-13)17-12-15-8-5-11-18-15/h5,8,11,13-14,17H,4,6-7,9-10,12H2,1-3H3. The minimum Gasteiger partial charge on any atom is -0.468 e. The van der Waals surface area contributed by atoms with Crippen LogP contribution in [0.2, 0.25) is 0 Å². The smallest absolute Gasteiger partial charge is 0.117 e. The number of hydrogen-bond acceptors (Lipinski definition) is 2. The lowest BCUT2D eigenvalue weighted by atomic mass is 9.76. The first-order valence-corrected chi connectivity index (χ1v) is 7.31. The minimum absolute atomic E-state index is 0.468. The summed E-state index contributed by atoms with van der Waals surface area (Å²) in [5.41, 5.74) is 0.468. The Labute approximate surface area is 111 Å². The van der Waals surface area contributed by atoms with E-state index in [9.17, 15) is 0 Å². The Bertz CT molecular complexity index is 336. The Morgan fingerprint density at radius 1 is 1.22 bits per heavy atom. The predicted octanol–water partition coefficient (Wildman–Crippen LogP) is 4.36. The lowest BCUT2D eigenvalue weighted by Crippen LogP contribution is -2.28. The van der Waals surface area contributed by atoms with Crippen molar-refractivity contribution in [3.8, 4) is 0 Å². The van der Waals surface area contributed by atoms with Crippen molar-refractivity contribution in [2.45, 2.75) is 65.5 Å². The Kier molecular flexibility index (Phi) is 4.50. The molecule has 102 valence electrons. The summed E-state index contributed by atoms with van der Waals surface area (Å²) < 4.78 is 5.37. The maximum absolute atomic E-state index is 5.37. The molecule has 1 aromatic heterocycles. The average molecular weight is 249 g/mol. The van der Waals surface area contributed by atoms with Gasteiger partial charge in [0.05, 0.1) is 12.8 Å². The van der Waals surface area contributed by atoms with E-state index in [0.717, 1.165) is 18.2 Å². The average Bonchev–Trinajstić information content (AvgIpc) is 2.69. The van der Waals surface area contributed by atoms with Crippen molar-refractivity contribution in [2.24, 2.45) is 11.3 Å². The number of hydrogen-bond donors (Lipinski definition) is 1. The van der Waals surface area contributed by atoms with Gasteiger partial charge in [0.2, 0.25) is 0 Å². The first kappa shape index (κ1) is 13.7. The molecular weight excluding hydrogens is 222 g/mol. The Morgan fingerprint density at radius 2 is 2.06 bits per heavy atom. The summed E-state index contributed by atoms with van der Waals surface area (Å²) in [6, 6.07) is 4.67. The van der Waals surface area contributed by atoms with Crippen molar-refractivity contribution in [1.82, 2.24) is 5.32 Å². The van der Waals surface area contributed by atoms with Crippen LogP contribution in [-0.4, -0.2) is 6.04 Å². The molecule has 0 bridgehead atoms. The highest BCUT2D eigenvalue weighted by Crippen LogP contribution is 2.36. The Balaban J connectivity index is 1.78. The highest BCUT2D eigenvalue weighted by Gasteiger charge is 2.27. The van der Waals surface area contributed by atoms with Crippen molar-refractivity contribution in [2.75, 3.05) is 0 Å². The second-order valence-electron chi connectivity index (χ2n) is 6.73. The van der Waals surface area contributed by atoms with Gasteiger partial charge in [-0.2, -0.15) is 0 Å². The zero-order valence-electron chi connectivity index (χ0n) is 12.0. The van der Waals surface area contributed by atoms with Crippen molar-refractivity contribution in [3.05, 3.63) is 24.2 Å². The highest BCUT2D eigenvalue weighted by atomic mass is 16.3. The van der Waals surface area contributed by atoms with Crippen LogP contribution in [0.4, 0.5) is 0 Å². The first-order valence-electron chi connectivity index (χ1n) is 7.31. The first-order chi connectivity index (χ1) is 8.55. The van der Waals surface area contributed by atoms with E-state index in [1.165, 1.54) is 32.1 Å². The molecule has 1 aliphatic rings. The summed E-state index contributed by atoms with van der Waals surface area (Å²) in [6.07, 6.45) is 8.48. The molecule has 1 fully saturated rings. The van der Waals surface area contributed by atoms with Gasteiger partial charge in [-0.25, -0.2) is 0 Å². The molecule has 2 unspecified atom stereocenters. The maximum Gasteiger partial charge on any atom is 0.117 e. The van der Waals surface area contributed by atoms with E-state index in [1.807, 2.05) is 12.1 Å². The fourth-order valence-electron chi connectivity index (χ4n) is 3.03. The van der Waals surface area contributed by atoms with Crippen LogP contribution in [0, 0.1) is 11.3 Å². The highest BCUT2D eigenvalue weighted by molar-refractivity contribution is 4.98. The van der Waals surface area contributed by atoms with Gasteiger partial charge in [-0.05, 0) is 49.1 Å². The fourth-order valence-corrected chi connectivity index (χ4v) is 3.03. The van der Waals surface area contributed by atoms with E-state index in [4.69, 9.17) is 4.42 Å². The molecule has 2 heteroatoms. The van der Waals surface area contributed by atoms with Crippen LogP contribution in [0.15, 0.2) is 22.8 Å². The molecule has 18 heavy (non-hydrogen) atoms. The number of rotatable bonds is 3. The quantitative estimate of drug-likeness (QED) is 0.805. The van der Waals surface area contributed by atoms with E-state index >= 15 is 0 Å². The molecular formula is C16H27NO. The second kappa shape index (κ2) is 5.92. The third-order valence-electron chi connectivity index (χ3n) is 4.34. The molecule has 2 rings (SSSR count). The van der Waals surface area contributed by atoms with Gasteiger partial charge in [-0.1, -0.05) is 27.2 Å². The lowest BCUT2D eigenvalue weighted by molar-refractivity contribution is 0.213. The summed E-state index contributed by atoms with van der Waals surface area (Å²) in [7, 11) is 0. The van der Waals surface area contributed by atoms with Gasteiger partial charge in [0.1, 0.15) is 5.76 Å². The molecule has 0 aliphatic heterocycles. The van der Waals surface area contributed by atoms with Gasteiger partial charge in [-0.3, -0.25) is 0 Å². The van der Waals surface area contributed by atoms with Gasteiger partial charge in [0.15, 0.2) is 0 Å². The predicted molar refractivity (Wildman–Crippen MR) is 75.4 cm³/mol. The van der Waals surface area contributed by atoms with Crippen molar-refractivity contribution < 1.29 is 4.42 Å². The normalized spacial score (nSPS) is 25.9. The molecule has 0 aromatic carbocycles. The van der Waals surface area contributed by atoms with Crippen molar-refractivity contribution in [1.29, 1.82) is 0 Å². The zero-order valence-corrected chi connectivity index (χ0v) is 12.0. The van der Waals surface area contributed by atoms with E-state index in [1.54, 1.807) is 6.26 Å². The summed E-state index contributed by atoms with van der Waals surface area (Å²) in [5.74, 6) is 1.93. The maximum atomic E-state index is 5.37. The van der Waals surface area contributed by atoms with Crippen molar-refractivity contribution in [3.63, 3.8) is 0 Å². The molecule has 0 spiro atoms. The topological polar surface area (TPSA) is 25.2 Å². The molecule has 0 amide bonds. The Hall–Kier alpha value is -0.760.